The average Bonchev–Trinajstić information content (AvgIpc) is 2.54. The molecule has 2 aromatic heterocycles. The van der Waals surface area contributed by atoms with E-state index in [1.54, 1.807) is 36.4 Å². The van der Waals surface area contributed by atoms with Gasteiger partial charge in [0, 0.05) is 5.56 Å². The van der Waals surface area contributed by atoms with Crippen LogP contribution >= 0.6 is 0 Å². The number of hydrogen-bond acceptors (Lipinski definition) is 6. The highest BCUT2D eigenvalue weighted by Gasteiger charge is 2.18. The molecule has 0 unspecified atom stereocenters. The van der Waals surface area contributed by atoms with Gasteiger partial charge in [0.05, 0.1) is 5.52 Å². The van der Waals surface area contributed by atoms with Crippen LogP contribution in [0.25, 0.3) is 11.0 Å². The van der Waals surface area contributed by atoms with Crippen molar-refractivity contribution in [2.75, 3.05) is 11.1 Å². The minimum atomic E-state index is -0.474. The second-order valence-electron chi connectivity index (χ2n) is 6.49. The van der Waals surface area contributed by atoms with Gasteiger partial charge in [-0.05, 0) is 45.0 Å². The van der Waals surface area contributed by atoms with Gasteiger partial charge in [0.2, 0.25) is 11.8 Å². The third-order valence-corrected chi connectivity index (χ3v) is 3.21. The quantitative estimate of drug-likeness (QED) is 0.761. The summed E-state index contributed by atoms with van der Waals surface area (Å²) >= 11 is 0. The monoisotopic (exact) mass is 337 g/mol. The van der Waals surface area contributed by atoms with E-state index >= 15 is 0 Å². The van der Waals surface area contributed by atoms with E-state index in [2.05, 4.69) is 20.3 Å². The van der Waals surface area contributed by atoms with Crippen molar-refractivity contribution in [2.45, 2.75) is 26.4 Å². The minimum absolute atomic E-state index is 0.106. The fraction of sp³-hybridized carbons (Fsp3) is 0.222. The zero-order valence-electron chi connectivity index (χ0n) is 14.3. The summed E-state index contributed by atoms with van der Waals surface area (Å²) in [6.45, 7) is 5.70. The van der Waals surface area contributed by atoms with E-state index in [0.29, 0.717) is 22.4 Å². The number of amides is 1. The molecule has 0 radical (unpaired) electrons. The molecule has 0 aliphatic heterocycles. The Balaban J connectivity index is 1.97. The Morgan fingerprint density at radius 1 is 1.04 bits per heavy atom. The number of nitrogen functional groups attached to an aromatic ring is 1. The number of carbonyl (C=O) groups is 1. The van der Waals surface area contributed by atoms with Gasteiger partial charge in [-0.15, -0.1) is 0 Å². The van der Waals surface area contributed by atoms with Gasteiger partial charge in [-0.1, -0.05) is 18.2 Å². The second-order valence-corrected chi connectivity index (χ2v) is 6.49. The summed E-state index contributed by atoms with van der Waals surface area (Å²) in [6.07, 6.45) is 0. The predicted molar refractivity (Wildman–Crippen MR) is 96.5 cm³/mol. The van der Waals surface area contributed by atoms with Crippen LogP contribution in [-0.4, -0.2) is 26.5 Å². The highest BCUT2D eigenvalue weighted by molar-refractivity contribution is 6.04. The molecular weight excluding hydrogens is 318 g/mol. The number of nitrogens with zero attached hydrogens (tertiary/aromatic N) is 3. The van der Waals surface area contributed by atoms with Crippen LogP contribution in [-0.2, 0) is 0 Å². The zero-order chi connectivity index (χ0) is 18.0. The molecule has 0 aliphatic rings. The van der Waals surface area contributed by atoms with Crippen LogP contribution in [0.1, 0.15) is 31.1 Å². The van der Waals surface area contributed by atoms with Crippen LogP contribution in [0, 0.1) is 0 Å². The van der Waals surface area contributed by atoms with Crippen molar-refractivity contribution < 1.29 is 9.53 Å². The fourth-order valence-corrected chi connectivity index (χ4v) is 2.21. The fourth-order valence-electron chi connectivity index (χ4n) is 2.21. The van der Waals surface area contributed by atoms with Crippen LogP contribution < -0.4 is 15.8 Å². The van der Waals surface area contributed by atoms with E-state index in [-0.39, 0.29) is 17.7 Å². The highest BCUT2D eigenvalue weighted by Crippen LogP contribution is 2.26. The largest absolute Gasteiger partial charge is 0.470 e. The summed E-state index contributed by atoms with van der Waals surface area (Å²) in [7, 11) is 0. The van der Waals surface area contributed by atoms with Crippen molar-refractivity contribution in [1.29, 1.82) is 0 Å². The maximum absolute atomic E-state index is 12.3. The lowest BCUT2D eigenvalue weighted by Gasteiger charge is -2.21. The van der Waals surface area contributed by atoms with Gasteiger partial charge in [-0.3, -0.25) is 4.79 Å². The summed E-state index contributed by atoms with van der Waals surface area (Å²) < 4.78 is 5.83. The number of hydrogen-bond donors (Lipinski definition) is 2. The van der Waals surface area contributed by atoms with Crippen LogP contribution in [0.15, 0.2) is 42.5 Å². The Morgan fingerprint density at radius 2 is 1.76 bits per heavy atom. The first-order valence-corrected chi connectivity index (χ1v) is 7.81. The number of carbonyl (C=O) groups excluding carboxylic acids is 1. The first-order valence-electron chi connectivity index (χ1n) is 7.81. The highest BCUT2D eigenvalue weighted by atomic mass is 16.5. The number of ether oxygens (including phenoxy) is 1. The van der Waals surface area contributed by atoms with Gasteiger partial charge < -0.3 is 15.8 Å². The van der Waals surface area contributed by atoms with Crippen LogP contribution in [0.4, 0.5) is 11.8 Å². The third-order valence-electron chi connectivity index (χ3n) is 3.21. The molecule has 0 bridgehead atoms. The SMILES string of the molecule is CC(C)(C)Oc1nc(N)nc2ccc(NC(=O)c3ccccc3)nc12. The first kappa shape index (κ1) is 16.6. The second kappa shape index (κ2) is 6.35. The molecule has 3 rings (SSSR count). The smallest absolute Gasteiger partial charge is 0.256 e. The number of nitrogens with two attached hydrogens (primary N) is 1. The van der Waals surface area contributed by atoms with Gasteiger partial charge in [0.25, 0.3) is 5.91 Å². The summed E-state index contributed by atoms with van der Waals surface area (Å²) in [5, 5.41) is 2.76. The maximum Gasteiger partial charge on any atom is 0.256 e. The summed E-state index contributed by atoms with van der Waals surface area (Å²) in [4.78, 5) is 25.0. The Labute approximate surface area is 145 Å². The summed E-state index contributed by atoms with van der Waals surface area (Å²) in [6, 6.07) is 12.3. The molecule has 0 aliphatic carbocycles. The molecule has 2 heterocycles. The molecule has 1 amide bonds. The lowest BCUT2D eigenvalue weighted by Crippen LogP contribution is -2.24. The number of benzene rings is 1. The predicted octanol–water partition coefficient (Wildman–Crippen LogP) is 3.04. The van der Waals surface area contributed by atoms with Gasteiger partial charge >= 0.3 is 0 Å². The Morgan fingerprint density at radius 3 is 2.44 bits per heavy atom. The molecule has 1 aromatic carbocycles. The van der Waals surface area contributed by atoms with Gasteiger partial charge in [-0.25, -0.2) is 9.97 Å². The molecule has 0 atom stereocenters. The van der Waals surface area contributed by atoms with Crippen molar-refractivity contribution in [3.63, 3.8) is 0 Å². The lowest BCUT2D eigenvalue weighted by atomic mass is 10.2. The van der Waals surface area contributed by atoms with E-state index in [1.807, 2.05) is 26.8 Å². The van der Waals surface area contributed by atoms with Crippen molar-refractivity contribution in [3.8, 4) is 5.88 Å². The number of nitrogens with one attached hydrogen (secondary N) is 1. The Hall–Kier alpha value is -3.22. The van der Waals surface area contributed by atoms with Gasteiger partial charge in [0.1, 0.15) is 11.4 Å². The van der Waals surface area contributed by atoms with Crippen molar-refractivity contribution in [2.24, 2.45) is 0 Å². The molecule has 0 fully saturated rings. The first-order chi connectivity index (χ1) is 11.8. The molecule has 25 heavy (non-hydrogen) atoms. The molecule has 0 saturated carbocycles. The molecule has 3 aromatic rings. The molecule has 7 nitrogen and oxygen atoms in total. The van der Waals surface area contributed by atoms with Gasteiger partial charge in [-0.2, -0.15) is 4.98 Å². The number of anilines is 2. The van der Waals surface area contributed by atoms with Crippen molar-refractivity contribution in [3.05, 3.63) is 48.0 Å². The molecule has 3 N–H and O–H groups in total. The van der Waals surface area contributed by atoms with E-state index in [9.17, 15) is 4.79 Å². The number of aromatic nitrogens is 3. The van der Waals surface area contributed by atoms with Gasteiger partial charge in [0.15, 0.2) is 5.52 Å². The van der Waals surface area contributed by atoms with Crippen LogP contribution in [0.5, 0.6) is 5.88 Å². The summed E-state index contributed by atoms with van der Waals surface area (Å²) in [5.41, 5.74) is 6.80. The third kappa shape index (κ3) is 4.00. The molecule has 0 saturated heterocycles. The summed E-state index contributed by atoms with van der Waals surface area (Å²) in [5.74, 6) is 0.524. The maximum atomic E-state index is 12.3. The van der Waals surface area contributed by atoms with Crippen LogP contribution in [0.2, 0.25) is 0 Å². The molecular formula is C18H19N5O2. The lowest BCUT2D eigenvalue weighted by molar-refractivity contribution is 0.102. The standard InChI is InChI=1S/C18H19N5O2/c1-18(2,3)25-16-14-12(20-17(19)23-16)9-10-13(21-14)22-15(24)11-7-5-4-6-8-11/h4-10H,1-3H3,(H2,19,20,23)(H,21,22,24). The van der Waals surface area contributed by atoms with Crippen molar-refractivity contribution >= 4 is 28.7 Å². The topological polar surface area (TPSA) is 103 Å². The van der Waals surface area contributed by atoms with E-state index in [0.717, 1.165) is 0 Å². The Kier molecular flexibility index (Phi) is 4.22. The number of pyridine rings is 1. The molecule has 0 spiro atoms. The average molecular weight is 337 g/mol. The normalized spacial score (nSPS) is 11.3. The van der Waals surface area contributed by atoms with E-state index in [1.165, 1.54) is 0 Å². The Bertz CT molecular complexity index is 920. The minimum Gasteiger partial charge on any atom is -0.470 e. The molecule has 7 heteroatoms. The van der Waals surface area contributed by atoms with E-state index < -0.39 is 5.60 Å². The molecule has 128 valence electrons. The van der Waals surface area contributed by atoms with Crippen molar-refractivity contribution in [1.82, 2.24) is 15.0 Å². The number of rotatable bonds is 3. The van der Waals surface area contributed by atoms with Crippen LogP contribution in [0.3, 0.4) is 0 Å². The van der Waals surface area contributed by atoms with E-state index in [4.69, 9.17) is 10.5 Å². The zero-order valence-corrected chi connectivity index (χ0v) is 14.3. The number of fused-ring (bicyclic) bond motifs is 1.